The first-order valence-electron chi connectivity index (χ1n) is 5.11. The lowest BCUT2D eigenvalue weighted by Gasteiger charge is -2.18. The molecule has 0 saturated carbocycles. The molecule has 0 aliphatic rings. The van der Waals surface area contributed by atoms with Gasteiger partial charge in [-0.2, -0.15) is 0 Å². The lowest BCUT2D eigenvalue weighted by Crippen LogP contribution is -2.22. The third-order valence-corrected chi connectivity index (χ3v) is 4.55. The largest absolute Gasteiger partial charge is 0.417 e. The average Bonchev–Trinajstić information content (AvgIpc) is 2.05. The van der Waals surface area contributed by atoms with E-state index in [2.05, 4.69) is 27.0 Å². The minimum atomic E-state index is -1.06. The molecule has 0 saturated heterocycles. The van der Waals surface area contributed by atoms with E-state index in [1.807, 2.05) is 12.2 Å². The molecule has 0 N–H and O–H groups in total. The minimum Gasteiger partial charge on any atom is -0.417 e. The van der Waals surface area contributed by atoms with Crippen LogP contribution in [0.4, 0.5) is 0 Å². The minimum absolute atomic E-state index is 0.418. The van der Waals surface area contributed by atoms with Gasteiger partial charge in [-0.3, -0.25) is 0 Å². The monoisotopic (exact) mass is 198 g/mol. The van der Waals surface area contributed by atoms with Crippen molar-refractivity contribution in [3.63, 3.8) is 0 Å². The van der Waals surface area contributed by atoms with Crippen LogP contribution in [0.5, 0.6) is 0 Å². The highest BCUT2D eigenvalue weighted by Gasteiger charge is 2.11. The van der Waals surface area contributed by atoms with E-state index in [-0.39, 0.29) is 0 Å². The lowest BCUT2D eigenvalue weighted by atomic mass is 10.2. The third kappa shape index (κ3) is 6.79. The molecule has 0 amide bonds. The van der Waals surface area contributed by atoms with Crippen molar-refractivity contribution in [1.29, 1.82) is 0 Å². The highest BCUT2D eigenvalue weighted by atomic mass is 28.3. The van der Waals surface area contributed by atoms with Crippen LogP contribution in [0.2, 0.25) is 12.1 Å². The van der Waals surface area contributed by atoms with Gasteiger partial charge in [0.25, 0.3) is 0 Å². The van der Waals surface area contributed by atoms with Crippen LogP contribution in [0.1, 0.15) is 26.7 Å². The zero-order chi connectivity index (χ0) is 10.1. The number of allylic oxidation sites excluding steroid dienone is 2. The molecule has 0 radical (unpaired) electrons. The van der Waals surface area contributed by atoms with Crippen molar-refractivity contribution in [2.45, 2.75) is 44.9 Å². The van der Waals surface area contributed by atoms with Gasteiger partial charge in [0.05, 0.1) is 0 Å². The number of hydrogen-bond acceptors (Lipinski definition) is 1. The summed E-state index contributed by atoms with van der Waals surface area (Å²) in [7, 11) is -1.06. The summed E-state index contributed by atoms with van der Waals surface area (Å²) < 4.78 is 5.97. The third-order valence-electron chi connectivity index (χ3n) is 1.98. The summed E-state index contributed by atoms with van der Waals surface area (Å²) >= 11 is 0. The Kier molecular flexibility index (Phi) is 8.05. The molecule has 0 spiro atoms. The van der Waals surface area contributed by atoms with E-state index < -0.39 is 9.04 Å². The van der Waals surface area contributed by atoms with E-state index in [9.17, 15) is 0 Å². The predicted molar refractivity (Wildman–Crippen MR) is 62.6 cm³/mol. The van der Waals surface area contributed by atoms with Crippen LogP contribution < -0.4 is 0 Å². The van der Waals surface area contributed by atoms with E-state index in [4.69, 9.17) is 4.43 Å². The molecule has 76 valence electrons. The average molecular weight is 198 g/mol. The van der Waals surface area contributed by atoms with Crippen LogP contribution in [0.25, 0.3) is 0 Å². The Bertz CT molecular complexity index is 135. The summed E-state index contributed by atoms with van der Waals surface area (Å²) in [5.41, 5.74) is 0. The van der Waals surface area contributed by atoms with Gasteiger partial charge in [-0.15, -0.1) is 13.2 Å². The van der Waals surface area contributed by atoms with Gasteiger partial charge >= 0.3 is 0 Å². The Balaban J connectivity index is 3.77. The Morgan fingerprint density at radius 3 is 2.23 bits per heavy atom. The maximum absolute atomic E-state index is 5.97. The quantitative estimate of drug-likeness (QED) is 0.429. The van der Waals surface area contributed by atoms with Crippen LogP contribution in [0.15, 0.2) is 25.3 Å². The summed E-state index contributed by atoms with van der Waals surface area (Å²) in [5, 5.41) is 0. The van der Waals surface area contributed by atoms with Gasteiger partial charge in [0.15, 0.2) is 9.04 Å². The van der Waals surface area contributed by atoms with Gasteiger partial charge in [0.1, 0.15) is 0 Å². The van der Waals surface area contributed by atoms with Crippen molar-refractivity contribution in [3.8, 4) is 0 Å². The fraction of sp³-hybridized carbons (Fsp3) is 0.636. The van der Waals surface area contributed by atoms with Gasteiger partial charge in [-0.05, 0) is 25.4 Å². The first-order chi connectivity index (χ1) is 6.24. The topological polar surface area (TPSA) is 9.23 Å². The van der Waals surface area contributed by atoms with Gasteiger partial charge in [-0.25, -0.2) is 0 Å². The second-order valence-corrected chi connectivity index (χ2v) is 5.87. The molecule has 2 heteroatoms. The highest BCUT2D eigenvalue weighted by Crippen LogP contribution is 2.09. The van der Waals surface area contributed by atoms with Crippen LogP contribution >= 0.6 is 0 Å². The molecule has 1 unspecified atom stereocenters. The van der Waals surface area contributed by atoms with Gasteiger partial charge < -0.3 is 4.43 Å². The normalized spacial score (nSPS) is 12.8. The molecular formula is C11H22OSi. The van der Waals surface area contributed by atoms with Crippen molar-refractivity contribution in [3.05, 3.63) is 25.3 Å². The van der Waals surface area contributed by atoms with Crippen LogP contribution in [0.3, 0.4) is 0 Å². The lowest BCUT2D eigenvalue weighted by molar-refractivity contribution is 0.210. The second kappa shape index (κ2) is 8.26. The molecule has 1 nitrogen and oxygen atoms in total. The maximum Gasteiger partial charge on any atom is 0.184 e. The first-order valence-corrected chi connectivity index (χ1v) is 7.22. The van der Waals surface area contributed by atoms with Crippen molar-refractivity contribution in [2.24, 2.45) is 0 Å². The molecule has 0 fully saturated rings. The van der Waals surface area contributed by atoms with Crippen molar-refractivity contribution < 1.29 is 4.43 Å². The molecule has 13 heavy (non-hydrogen) atoms. The van der Waals surface area contributed by atoms with Crippen LogP contribution in [-0.4, -0.2) is 15.1 Å². The van der Waals surface area contributed by atoms with E-state index in [1.165, 1.54) is 6.42 Å². The van der Waals surface area contributed by atoms with Gasteiger partial charge in [0, 0.05) is 6.10 Å². The molecule has 0 bridgehead atoms. The van der Waals surface area contributed by atoms with Gasteiger partial charge in [0.2, 0.25) is 0 Å². The van der Waals surface area contributed by atoms with E-state index >= 15 is 0 Å². The van der Waals surface area contributed by atoms with E-state index in [0.717, 1.165) is 18.5 Å². The molecule has 0 aliphatic carbocycles. The predicted octanol–water partition coefficient (Wildman–Crippen LogP) is 3.29. The Morgan fingerprint density at radius 2 is 1.85 bits per heavy atom. The Morgan fingerprint density at radius 1 is 1.31 bits per heavy atom. The summed E-state index contributed by atoms with van der Waals surface area (Å²) in [4.78, 5) is 0. The van der Waals surface area contributed by atoms with E-state index in [0.29, 0.717) is 6.10 Å². The number of rotatable bonds is 8. The van der Waals surface area contributed by atoms with Crippen molar-refractivity contribution in [1.82, 2.24) is 0 Å². The molecule has 0 rings (SSSR count). The zero-order valence-corrected chi connectivity index (χ0v) is 10.1. The summed E-state index contributed by atoms with van der Waals surface area (Å²) in [6.07, 6.45) is 6.72. The molecule has 0 aromatic heterocycles. The molecule has 0 heterocycles. The number of hydrogen-bond donors (Lipinski definition) is 0. The van der Waals surface area contributed by atoms with Crippen molar-refractivity contribution in [2.75, 3.05) is 0 Å². The molecule has 0 aromatic carbocycles. The van der Waals surface area contributed by atoms with E-state index in [1.54, 1.807) is 0 Å². The SMILES string of the molecule is C=CC[SiH](CC=C)OC(C)CCC. The zero-order valence-electron chi connectivity index (χ0n) is 8.96. The maximum atomic E-state index is 5.97. The smallest absolute Gasteiger partial charge is 0.184 e. The van der Waals surface area contributed by atoms with Crippen LogP contribution in [-0.2, 0) is 4.43 Å². The fourth-order valence-corrected chi connectivity index (χ4v) is 3.33. The van der Waals surface area contributed by atoms with Crippen molar-refractivity contribution >= 4 is 9.04 Å². The summed E-state index contributed by atoms with van der Waals surface area (Å²) in [6.45, 7) is 11.9. The second-order valence-electron chi connectivity index (χ2n) is 3.41. The first kappa shape index (κ1) is 12.7. The fourth-order valence-electron chi connectivity index (χ4n) is 1.38. The molecular weight excluding hydrogens is 176 g/mol. The molecule has 0 aliphatic heterocycles. The molecule has 1 atom stereocenters. The summed E-state index contributed by atoms with van der Waals surface area (Å²) in [6, 6.07) is 2.11. The molecule has 0 aromatic rings. The summed E-state index contributed by atoms with van der Waals surface area (Å²) in [5.74, 6) is 0. The van der Waals surface area contributed by atoms with Crippen LogP contribution in [0, 0.1) is 0 Å². The Labute approximate surface area is 84.2 Å². The standard InChI is InChI=1S/C11H22OSi/c1-5-8-11(4)12-13(9-6-2)10-7-3/h6-7,11,13H,2-3,5,8-10H2,1,4H3. The highest BCUT2D eigenvalue weighted by molar-refractivity contribution is 6.52. The van der Waals surface area contributed by atoms with Gasteiger partial charge in [-0.1, -0.05) is 25.5 Å². The Hall–Kier alpha value is -0.343.